The van der Waals surface area contributed by atoms with Crippen molar-refractivity contribution >= 4 is 22.8 Å². The van der Waals surface area contributed by atoms with Gasteiger partial charge in [0.25, 0.3) is 5.91 Å². The van der Waals surface area contributed by atoms with E-state index in [0.29, 0.717) is 23.1 Å². The fraction of sp³-hybridized carbons (Fsp3) is 0.158. The van der Waals surface area contributed by atoms with Crippen molar-refractivity contribution in [3.05, 3.63) is 61.0 Å². The summed E-state index contributed by atoms with van der Waals surface area (Å²) in [6.45, 7) is 0. The second-order valence-electron chi connectivity index (χ2n) is 6.35. The Labute approximate surface area is 148 Å². The molecule has 128 valence electrons. The van der Waals surface area contributed by atoms with Crippen LogP contribution in [0.15, 0.2) is 59.9 Å². The number of amides is 1. The third-order valence-electron chi connectivity index (χ3n) is 4.45. The Morgan fingerprint density at radius 1 is 1.19 bits per heavy atom. The minimum absolute atomic E-state index is 0.227. The molecule has 1 aliphatic carbocycles. The minimum Gasteiger partial charge on any atom is -0.444 e. The third-order valence-corrected chi connectivity index (χ3v) is 4.45. The molecular formula is C19H15N5O2. The van der Waals surface area contributed by atoms with Gasteiger partial charge in [-0.15, -0.1) is 0 Å². The average molecular weight is 345 g/mol. The monoisotopic (exact) mass is 345 g/mol. The highest BCUT2D eigenvalue weighted by molar-refractivity contribution is 6.05. The fourth-order valence-electron chi connectivity index (χ4n) is 2.97. The molecule has 0 bridgehead atoms. The Morgan fingerprint density at radius 2 is 2.12 bits per heavy atom. The lowest BCUT2D eigenvalue weighted by molar-refractivity contribution is 0.102. The van der Waals surface area contributed by atoms with E-state index in [1.54, 1.807) is 24.8 Å². The number of oxazole rings is 1. The molecule has 26 heavy (non-hydrogen) atoms. The van der Waals surface area contributed by atoms with Crippen LogP contribution in [-0.2, 0) is 0 Å². The predicted molar refractivity (Wildman–Crippen MR) is 95.7 cm³/mol. The van der Waals surface area contributed by atoms with Crippen LogP contribution in [0.3, 0.4) is 0 Å². The zero-order valence-corrected chi connectivity index (χ0v) is 13.8. The first-order chi connectivity index (χ1) is 12.8. The Kier molecular flexibility index (Phi) is 3.31. The number of nitrogens with one attached hydrogen (secondary N) is 1. The van der Waals surface area contributed by atoms with Crippen LogP contribution in [0.1, 0.15) is 29.2 Å². The number of carbonyl (C=O) groups is 1. The highest BCUT2D eigenvalue weighted by Crippen LogP contribution is 2.36. The summed E-state index contributed by atoms with van der Waals surface area (Å²) in [5.41, 5.74) is 3.56. The highest BCUT2D eigenvalue weighted by Gasteiger charge is 2.25. The van der Waals surface area contributed by atoms with E-state index < -0.39 is 0 Å². The molecule has 0 atom stereocenters. The van der Waals surface area contributed by atoms with Gasteiger partial charge in [0.15, 0.2) is 17.8 Å². The van der Waals surface area contributed by atoms with Crippen LogP contribution in [0.5, 0.6) is 0 Å². The quantitative estimate of drug-likeness (QED) is 0.610. The molecule has 0 aliphatic heterocycles. The van der Waals surface area contributed by atoms with Gasteiger partial charge in [-0.1, -0.05) is 12.1 Å². The van der Waals surface area contributed by atoms with E-state index in [4.69, 9.17) is 4.42 Å². The van der Waals surface area contributed by atoms with E-state index >= 15 is 0 Å². The second-order valence-corrected chi connectivity index (χ2v) is 6.35. The zero-order valence-electron chi connectivity index (χ0n) is 13.8. The van der Waals surface area contributed by atoms with Crippen LogP contribution >= 0.6 is 0 Å². The smallest absolute Gasteiger partial charge is 0.257 e. The molecular weight excluding hydrogens is 330 g/mol. The third kappa shape index (κ3) is 2.63. The van der Waals surface area contributed by atoms with Gasteiger partial charge >= 0.3 is 0 Å². The molecule has 3 aromatic heterocycles. The number of fused-ring (bicyclic) bond motifs is 1. The molecule has 1 N–H and O–H groups in total. The summed E-state index contributed by atoms with van der Waals surface area (Å²) in [5, 5.41) is 2.89. The Balaban J connectivity index is 1.40. The number of aromatic nitrogens is 4. The predicted octanol–water partition coefficient (Wildman–Crippen LogP) is 3.67. The molecule has 1 aliphatic rings. The van der Waals surface area contributed by atoms with E-state index in [0.717, 1.165) is 29.6 Å². The highest BCUT2D eigenvalue weighted by atomic mass is 16.3. The van der Waals surface area contributed by atoms with Crippen molar-refractivity contribution in [1.82, 2.24) is 19.5 Å². The topological polar surface area (TPSA) is 85.8 Å². The SMILES string of the molecule is O=C(Nc1cccc(-c2cnco2)c1)c1cnc2c(c1)ncn2C1CC1. The molecule has 7 nitrogen and oxygen atoms in total. The molecule has 1 aromatic carbocycles. The number of rotatable bonds is 4. The summed E-state index contributed by atoms with van der Waals surface area (Å²) in [4.78, 5) is 25.3. The fourth-order valence-corrected chi connectivity index (χ4v) is 2.97. The van der Waals surface area contributed by atoms with Crippen LogP contribution in [0.2, 0.25) is 0 Å². The Hall–Kier alpha value is -3.48. The standard InChI is InChI=1S/C19H15N5O2/c25-19(23-14-3-1-2-12(6-14)17-9-20-11-26-17)13-7-16-18(21-8-13)24(10-22-16)15-4-5-15/h1-3,6-11,15H,4-5H2,(H,23,25). The van der Waals surface area contributed by atoms with Gasteiger partial charge in [0.2, 0.25) is 0 Å². The molecule has 0 unspecified atom stereocenters. The van der Waals surface area contributed by atoms with E-state index in [1.165, 1.54) is 6.39 Å². The zero-order chi connectivity index (χ0) is 17.5. The number of benzene rings is 1. The Morgan fingerprint density at radius 3 is 2.92 bits per heavy atom. The molecule has 4 aromatic rings. The molecule has 1 saturated carbocycles. The van der Waals surface area contributed by atoms with Crippen molar-refractivity contribution in [2.45, 2.75) is 18.9 Å². The van der Waals surface area contributed by atoms with Crippen LogP contribution in [0.25, 0.3) is 22.5 Å². The number of imidazole rings is 1. The van der Waals surface area contributed by atoms with Gasteiger partial charge in [-0.2, -0.15) is 0 Å². The molecule has 0 spiro atoms. The molecule has 5 rings (SSSR count). The number of hydrogen-bond acceptors (Lipinski definition) is 5. The molecule has 0 radical (unpaired) electrons. The first kappa shape index (κ1) is 14.8. The maximum Gasteiger partial charge on any atom is 0.257 e. The van der Waals surface area contributed by atoms with Crippen molar-refractivity contribution < 1.29 is 9.21 Å². The summed E-state index contributed by atoms with van der Waals surface area (Å²) >= 11 is 0. The lowest BCUT2D eigenvalue weighted by Gasteiger charge is -2.07. The van der Waals surface area contributed by atoms with Crippen molar-refractivity contribution in [3.8, 4) is 11.3 Å². The van der Waals surface area contributed by atoms with Gasteiger partial charge in [-0.3, -0.25) is 4.79 Å². The normalized spacial score (nSPS) is 13.8. The minimum atomic E-state index is -0.227. The summed E-state index contributed by atoms with van der Waals surface area (Å²) in [6.07, 6.45) is 8.74. The molecule has 1 amide bonds. The lowest BCUT2D eigenvalue weighted by Crippen LogP contribution is -2.12. The van der Waals surface area contributed by atoms with E-state index in [1.807, 2.05) is 24.3 Å². The number of hydrogen-bond donors (Lipinski definition) is 1. The largest absolute Gasteiger partial charge is 0.444 e. The van der Waals surface area contributed by atoms with Crippen LogP contribution in [0, 0.1) is 0 Å². The number of carbonyl (C=O) groups excluding carboxylic acids is 1. The molecule has 7 heteroatoms. The van der Waals surface area contributed by atoms with Gasteiger partial charge in [-0.05, 0) is 31.0 Å². The number of nitrogens with zero attached hydrogens (tertiary/aromatic N) is 4. The maximum absolute atomic E-state index is 12.6. The number of anilines is 1. The van der Waals surface area contributed by atoms with Gasteiger partial charge in [-0.25, -0.2) is 15.0 Å². The summed E-state index contributed by atoms with van der Waals surface area (Å²) in [7, 11) is 0. The van der Waals surface area contributed by atoms with Gasteiger partial charge < -0.3 is 14.3 Å². The summed E-state index contributed by atoms with van der Waals surface area (Å²) in [5.74, 6) is 0.421. The van der Waals surface area contributed by atoms with Gasteiger partial charge in [0, 0.05) is 23.5 Å². The Bertz CT molecular complexity index is 1100. The van der Waals surface area contributed by atoms with Crippen molar-refractivity contribution in [3.63, 3.8) is 0 Å². The molecule has 1 fully saturated rings. The summed E-state index contributed by atoms with van der Waals surface area (Å²) < 4.78 is 7.38. The number of pyridine rings is 1. The molecule has 3 heterocycles. The van der Waals surface area contributed by atoms with E-state index in [9.17, 15) is 4.79 Å². The maximum atomic E-state index is 12.6. The van der Waals surface area contributed by atoms with Crippen molar-refractivity contribution in [2.24, 2.45) is 0 Å². The van der Waals surface area contributed by atoms with Gasteiger partial charge in [0.05, 0.1) is 18.1 Å². The first-order valence-electron chi connectivity index (χ1n) is 8.41. The summed E-state index contributed by atoms with van der Waals surface area (Å²) in [6, 6.07) is 9.70. The van der Waals surface area contributed by atoms with Crippen LogP contribution < -0.4 is 5.32 Å². The second kappa shape index (κ2) is 5.80. The van der Waals surface area contributed by atoms with Crippen molar-refractivity contribution in [2.75, 3.05) is 5.32 Å². The van der Waals surface area contributed by atoms with Crippen LogP contribution in [-0.4, -0.2) is 25.4 Å². The van der Waals surface area contributed by atoms with Gasteiger partial charge in [0.1, 0.15) is 5.52 Å². The average Bonchev–Trinajstić information content (AvgIpc) is 3.20. The lowest BCUT2D eigenvalue weighted by atomic mass is 10.1. The van der Waals surface area contributed by atoms with Crippen LogP contribution in [0.4, 0.5) is 5.69 Å². The van der Waals surface area contributed by atoms with E-state index in [-0.39, 0.29) is 5.91 Å². The molecule has 0 saturated heterocycles. The van der Waals surface area contributed by atoms with Crippen molar-refractivity contribution in [1.29, 1.82) is 0 Å². The first-order valence-corrected chi connectivity index (χ1v) is 8.41. The van der Waals surface area contributed by atoms with E-state index in [2.05, 4.69) is 24.8 Å².